The summed E-state index contributed by atoms with van der Waals surface area (Å²) in [5.74, 6) is 0. The van der Waals surface area contributed by atoms with Crippen LogP contribution in [0, 0.1) is 0 Å². The number of phosphoric ester groups is 1. The Morgan fingerprint density at radius 3 is 2.10 bits per heavy atom. The molecule has 5 heteroatoms. The zero-order valence-electron chi connectivity index (χ0n) is 12.1. The van der Waals surface area contributed by atoms with E-state index in [1.54, 1.807) is 13.8 Å². The molecule has 0 saturated heterocycles. The summed E-state index contributed by atoms with van der Waals surface area (Å²) < 4.78 is 22.5. The maximum atomic E-state index is 12.1. The summed E-state index contributed by atoms with van der Waals surface area (Å²) in [5.41, 5.74) is 0.706. The monoisotopic (exact) mass is 306 g/mol. The molecule has 1 unspecified atom stereocenters. The van der Waals surface area contributed by atoms with E-state index in [4.69, 9.17) is 9.05 Å². The maximum absolute atomic E-state index is 12.1. The Balaban J connectivity index is 2.02. The first-order valence-corrected chi connectivity index (χ1v) is 8.16. The minimum Gasteiger partial charge on any atom is -0.302 e. The largest absolute Gasteiger partial charge is 0.473 e. The van der Waals surface area contributed by atoms with E-state index in [9.17, 15) is 9.46 Å². The zero-order chi connectivity index (χ0) is 15.3. The van der Waals surface area contributed by atoms with E-state index in [0.717, 1.165) is 11.1 Å². The van der Waals surface area contributed by atoms with Gasteiger partial charge in [-0.05, 0) is 25.0 Å². The predicted octanol–water partition coefficient (Wildman–Crippen LogP) is 4.26. The van der Waals surface area contributed by atoms with Crippen molar-refractivity contribution < 1.29 is 18.5 Å². The number of phosphoric acid groups is 1. The van der Waals surface area contributed by atoms with E-state index in [1.807, 2.05) is 60.7 Å². The lowest BCUT2D eigenvalue weighted by atomic mass is 9.99. The summed E-state index contributed by atoms with van der Waals surface area (Å²) in [4.78, 5) is 9.88. The van der Waals surface area contributed by atoms with E-state index in [-0.39, 0.29) is 6.61 Å². The number of rotatable bonds is 6. The molecular weight excluding hydrogens is 287 g/mol. The second-order valence-electron chi connectivity index (χ2n) is 5.20. The van der Waals surface area contributed by atoms with Crippen molar-refractivity contribution >= 4 is 7.82 Å². The van der Waals surface area contributed by atoms with E-state index >= 15 is 0 Å². The number of benzene rings is 2. The highest BCUT2D eigenvalue weighted by Gasteiger charge is 2.33. The Morgan fingerprint density at radius 2 is 1.52 bits per heavy atom. The molecule has 0 bridgehead atoms. The molecule has 0 aliphatic carbocycles. The van der Waals surface area contributed by atoms with Crippen LogP contribution in [0.15, 0.2) is 60.7 Å². The molecule has 0 amide bonds. The van der Waals surface area contributed by atoms with Crippen molar-refractivity contribution in [3.63, 3.8) is 0 Å². The van der Waals surface area contributed by atoms with Crippen molar-refractivity contribution in [1.29, 1.82) is 0 Å². The Hall–Kier alpha value is -1.45. The number of hydrogen-bond donors (Lipinski definition) is 1. The molecule has 0 fully saturated rings. The lowest BCUT2D eigenvalue weighted by Crippen LogP contribution is -2.20. The molecule has 0 spiro atoms. The molecule has 1 N–H and O–H groups in total. The van der Waals surface area contributed by atoms with E-state index < -0.39 is 13.4 Å². The van der Waals surface area contributed by atoms with E-state index in [2.05, 4.69) is 0 Å². The molecule has 112 valence electrons. The van der Waals surface area contributed by atoms with Crippen molar-refractivity contribution in [2.75, 3.05) is 0 Å². The molecule has 0 heterocycles. The minimum atomic E-state index is -4.14. The third kappa shape index (κ3) is 4.80. The summed E-state index contributed by atoms with van der Waals surface area (Å²) in [5, 5.41) is 0. The van der Waals surface area contributed by atoms with Crippen LogP contribution in [-0.4, -0.2) is 4.89 Å². The SMILES string of the molecule is CC(C)(OP(=O)(O)OCc1ccccc1)c1ccccc1. The lowest BCUT2D eigenvalue weighted by Gasteiger charge is -2.27. The highest BCUT2D eigenvalue weighted by atomic mass is 31.2. The smallest absolute Gasteiger partial charge is 0.302 e. The molecule has 0 radical (unpaired) electrons. The summed E-state index contributed by atoms with van der Waals surface area (Å²) in [6.07, 6.45) is 0. The van der Waals surface area contributed by atoms with Gasteiger partial charge in [0, 0.05) is 0 Å². The molecule has 1 atom stereocenters. The quantitative estimate of drug-likeness (QED) is 0.810. The first-order chi connectivity index (χ1) is 9.89. The fourth-order valence-corrected chi connectivity index (χ4v) is 2.98. The van der Waals surface area contributed by atoms with Gasteiger partial charge in [-0.15, -0.1) is 0 Å². The van der Waals surface area contributed by atoms with Crippen molar-refractivity contribution in [2.24, 2.45) is 0 Å². The molecule has 0 aliphatic rings. The van der Waals surface area contributed by atoms with Gasteiger partial charge in [0.2, 0.25) is 0 Å². The third-order valence-corrected chi connectivity index (χ3v) is 4.19. The van der Waals surface area contributed by atoms with Crippen molar-refractivity contribution in [2.45, 2.75) is 26.1 Å². The van der Waals surface area contributed by atoms with Gasteiger partial charge in [-0.25, -0.2) is 4.57 Å². The zero-order valence-corrected chi connectivity index (χ0v) is 13.0. The van der Waals surface area contributed by atoms with Crippen LogP contribution in [-0.2, 0) is 25.8 Å². The minimum absolute atomic E-state index is 0.0273. The lowest BCUT2D eigenvalue weighted by molar-refractivity contribution is 0.0436. The first-order valence-electron chi connectivity index (χ1n) is 6.67. The van der Waals surface area contributed by atoms with Crippen LogP contribution < -0.4 is 0 Å². The molecule has 0 saturated carbocycles. The van der Waals surface area contributed by atoms with Gasteiger partial charge < -0.3 is 4.89 Å². The molecule has 2 aromatic carbocycles. The molecule has 21 heavy (non-hydrogen) atoms. The Labute approximate surface area is 125 Å². The second-order valence-corrected chi connectivity index (χ2v) is 6.57. The average molecular weight is 306 g/mol. The van der Waals surface area contributed by atoms with Crippen molar-refractivity contribution in [3.05, 3.63) is 71.8 Å². The van der Waals surface area contributed by atoms with Crippen LogP contribution in [0.5, 0.6) is 0 Å². The molecule has 0 aromatic heterocycles. The van der Waals surface area contributed by atoms with Gasteiger partial charge in [-0.3, -0.25) is 9.05 Å². The molecular formula is C16H19O4P. The number of hydrogen-bond acceptors (Lipinski definition) is 3. The van der Waals surface area contributed by atoms with Crippen LogP contribution in [0.1, 0.15) is 25.0 Å². The van der Waals surface area contributed by atoms with Crippen LogP contribution in [0.2, 0.25) is 0 Å². The highest BCUT2D eigenvalue weighted by Crippen LogP contribution is 2.50. The van der Waals surface area contributed by atoms with Gasteiger partial charge in [0.15, 0.2) is 0 Å². The van der Waals surface area contributed by atoms with Crippen LogP contribution >= 0.6 is 7.82 Å². The van der Waals surface area contributed by atoms with Crippen LogP contribution in [0.25, 0.3) is 0 Å². The Bertz CT molecular complexity index is 611. The summed E-state index contributed by atoms with van der Waals surface area (Å²) in [7, 11) is -4.14. The van der Waals surface area contributed by atoms with Crippen LogP contribution in [0.4, 0.5) is 0 Å². The normalized spacial score (nSPS) is 14.6. The van der Waals surface area contributed by atoms with E-state index in [1.165, 1.54) is 0 Å². The van der Waals surface area contributed by atoms with Gasteiger partial charge >= 0.3 is 7.82 Å². The predicted molar refractivity (Wildman–Crippen MR) is 81.6 cm³/mol. The van der Waals surface area contributed by atoms with Gasteiger partial charge in [-0.1, -0.05) is 60.7 Å². The maximum Gasteiger partial charge on any atom is 0.473 e. The standard InChI is InChI=1S/C16H19O4P/c1-16(2,15-11-7-4-8-12-15)20-21(17,18)19-13-14-9-5-3-6-10-14/h3-12H,13H2,1-2H3,(H,17,18). The fraction of sp³-hybridized carbons (Fsp3) is 0.250. The molecule has 0 aliphatic heterocycles. The Kier molecular flexibility index (Phi) is 4.96. The summed E-state index contributed by atoms with van der Waals surface area (Å²) in [6, 6.07) is 18.5. The van der Waals surface area contributed by atoms with Crippen LogP contribution in [0.3, 0.4) is 0 Å². The summed E-state index contributed by atoms with van der Waals surface area (Å²) >= 11 is 0. The molecule has 4 nitrogen and oxygen atoms in total. The third-order valence-electron chi connectivity index (χ3n) is 3.05. The molecule has 2 rings (SSSR count). The highest BCUT2D eigenvalue weighted by molar-refractivity contribution is 7.47. The van der Waals surface area contributed by atoms with Gasteiger partial charge in [-0.2, -0.15) is 0 Å². The van der Waals surface area contributed by atoms with Crippen molar-refractivity contribution in [3.8, 4) is 0 Å². The summed E-state index contributed by atoms with van der Waals surface area (Å²) in [6.45, 7) is 3.49. The average Bonchev–Trinajstić information content (AvgIpc) is 2.46. The Morgan fingerprint density at radius 1 is 1.00 bits per heavy atom. The fourth-order valence-electron chi connectivity index (χ4n) is 1.94. The van der Waals surface area contributed by atoms with Gasteiger partial charge in [0.1, 0.15) is 0 Å². The van der Waals surface area contributed by atoms with Gasteiger partial charge in [0.05, 0.1) is 12.2 Å². The van der Waals surface area contributed by atoms with Crippen molar-refractivity contribution in [1.82, 2.24) is 0 Å². The topological polar surface area (TPSA) is 55.8 Å². The first kappa shape index (κ1) is 15.9. The second kappa shape index (κ2) is 6.54. The van der Waals surface area contributed by atoms with E-state index in [0.29, 0.717) is 0 Å². The van der Waals surface area contributed by atoms with Gasteiger partial charge in [0.25, 0.3) is 0 Å². The molecule has 2 aromatic rings.